The maximum Gasteiger partial charge on any atom is 0.413 e. The SMILES string of the molecule is C[C@@H](OC(=O)Nc1c(-c2ccc(NC(=O)C3(F)CC(O)C3)cn2)nnn1C)c1cccnc1Cl. The second-order valence-corrected chi connectivity index (χ2v) is 8.24. The molecule has 1 aliphatic rings. The quantitative estimate of drug-likeness (QED) is 0.448. The molecule has 1 aliphatic carbocycles. The number of nitrogens with one attached hydrogen (secondary N) is 2. The van der Waals surface area contributed by atoms with Crippen molar-refractivity contribution in [1.82, 2.24) is 25.0 Å². The molecule has 3 aromatic rings. The van der Waals surface area contributed by atoms with E-state index in [2.05, 4.69) is 30.9 Å². The van der Waals surface area contributed by atoms with E-state index < -0.39 is 29.9 Å². The zero-order chi connectivity index (χ0) is 24.5. The summed E-state index contributed by atoms with van der Waals surface area (Å²) in [4.78, 5) is 32.8. The summed E-state index contributed by atoms with van der Waals surface area (Å²) in [5.74, 6) is -0.607. The van der Waals surface area contributed by atoms with E-state index in [0.29, 0.717) is 11.3 Å². The van der Waals surface area contributed by atoms with Crippen molar-refractivity contribution in [2.45, 2.75) is 37.6 Å². The molecule has 0 aromatic carbocycles. The van der Waals surface area contributed by atoms with Gasteiger partial charge in [0.1, 0.15) is 11.3 Å². The summed E-state index contributed by atoms with van der Waals surface area (Å²) in [5.41, 5.74) is -0.662. The Morgan fingerprint density at radius 3 is 2.71 bits per heavy atom. The number of rotatable bonds is 6. The monoisotopic (exact) mass is 489 g/mol. The number of halogens is 2. The third kappa shape index (κ3) is 4.82. The van der Waals surface area contributed by atoms with Gasteiger partial charge >= 0.3 is 6.09 Å². The highest BCUT2D eigenvalue weighted by Crippen LogP contribution is 2.37. The van der Waals surface area contributed by atoms with Gasteiger partial charge in [0.05, 0.1) is 23.7 Å². The van der Waals surface area contributed by atoms with E-state index >= 15 is 0 Å². The molecule has 3 N–H and O–H groups in total. The van der Waals surface area contributed by atoms with Crippen molar-refractivity contribution in [3.63, 3.8) is 0 Å². The van der Waals surface area contributed by atoms with Gasteiger partial charge in [0.2, 0.25) is 0 Å². The van der Waals surface area contributed by atoms with Crippen LogP contribution in [0.4, 0.5) is 20.7 Å². The lowest BCUT2D eigenvalue weighted by molar-refractivity contribution is -0.142. The molecule has 0 bridgehead atoms. The minimum Gasteiger partial charge on any atom is -0.441 e. The van der Waals surface area contributed by atoms with E-state index in [4.69, 9.17) is 16.3 Å². The summed E-state index contributed by atoms with van der Waals surface area (Å²) >= 11 is 6.05. The highest BCUT2D eigenvalue weighted by Gasteiger charge is 2.50. The smallest absolute Gasteiger partial charge is 0.413 e. The number of aryl methyl sites for hydroxylation is 1. The molecule has 4 rings (SSSR count). The minimum absolute atomic E-state index is 0.227. The second-order valence-electron chi connectivity index (χ2n) is 7.88. The van der Waals surface area contributed by atoms with Crippen molar-refractivity contribution in [3.05, 3.63) is 47.4 Å². The van der Waals surface area contributed by atoms with Crippen LogP contribution in [0.3, 0.4) is 0 Å². The summed E-state index contributed by atoms with van der Waals surface area (Å²) < 4.78 is 21.0. The van der Waals surface area contributed by atoms with Gasteiger partial charge in [-0.3, -0.25) is 15.1 Å². The first-order valence-electron chi connectivity index (χ1n) is 10.3. The van der Waals surface area contributed by atoms with E-state index in [1.165, 1.54) is 29.2 Å². The molecule has 1 atom stereocenters. The van der Waals surface area contributed by atoms with Crippen LogP contribution in [0.1, 0.15) is 31.4 Å². The number of aromatic nitrogens is 5. The normalized spacial score (nSPS) is 20.2. The van der Waals surface area contributed by atoms with E-state index in [1.54, 1.807) is 26.1 Å². The molecular weight excluding hydrogens is 469 g/mol. The number of hydrogen-bond donors (Lipinski definition) is 3. The van der Waals surface area contributed by atoms with Gasteiger partial charge in [-0.25, -0.2) is 18.9 Å². The molecule has 0 saturated heterocycles. The van der Waals surface area contributed by atoms with Crippen LogP contribution in [-0.2, 0) is 16.6 Å². The molecule has 1 fully saturated rings. The van der Waals surface area contributed by atoms with Gasteiger partial charge in [0.25, 0.3) is 5.91 Å². The molecule has 0 radical (unpaired) electrons. The van der Waals surface area contributed by atoms with E-state index in [0.717, 1.165) is 0 Å². The fourth-order valence-corrected chi connectivity index (χ4v) is 3.72. The van der Waals surface area contributed by atoms with Crippen molar-refractivity contribution < 1.29 is 23.8 Å². The molecule has 178 valence electrons. The largest absolute Gasteiger partial charge is 0.441 e. The summed E-state index contributed by atoms with van der Waals surface area (Å²) in [5, 5.41) is 22.5. The maximum atomic E-state index is 14.3. The predicted octanol–water partition coefficient (Wildman–Crippen LogP) is 3.04. The van der Waals surface area contributed by atoms with Crippen molar-refractivity contribution in [2.75, 3.05) is 10.6 Å². The molecule has 0 spiro atoms. The fraction of sp³-hybridized carbons (Fsp3) is 0.333. The summed E-state index contributed by atoms with van der Waals surface area (Å²) in [6, 6.07) is 6.44. The molecular formula is C21H21ClFN7O4. The van der Waals surface area contributed by atoms with Gasteiger partial charge in [0, 0.05) is 31.6 Å². The van der Waals surface area contributed by atoms with Crippen molar-refractivity contribution in [2.24, 2.45) is 7.05 Å². The van der Waals surface area contributed by atoms with Gasteiger partial charge in [-0.1, -0.05) is 22.9 Å². The minimum atomic E-state index is -2.09. The van der Waals surface area contributed by atoms with E-state index in [9.17, 15) is 19.1 Å². The lowest BCUT2D eigenvalue weighted by Crippen LogP contribution is -2.52. The van der Waals surface area contributed by atoms with E-state index in [-0.39, 0.29) is 35.2 Å². The maximum absolute atomic E-state index is 14.3. The van der Waals surface area contributed by atoms with Gasteiger partial charge in [-0.2, -0.15) is 0 Å². The molecule has 13 heteroatoms. The number of nitrogens with zero attached hydrogens (tertiary/aromatic N) is 5. The number of ether oxygens (including phenoxy) is 1. The first-order valence-corrected chi connectivity index (χ1v) is 10.7. The molecule has 1 saturated carbocycles. The molecule has 2 amide bonds. The van der Waals surface area contributed by atoms with Crippen LogP contribution in [0, 0.1) is 0 Å². The Morgan fingerprint density at radius 2 is 2.06 bits per heavy atom. The number of anilines is 2. The zero-order valence-electron chi connectivity index (χ0n) is 18.2. The fourth-order valence-electron chi connectivity index (χ4n) is 3.45. The molecule has 0 aliphatic heterocycles. The van der Waals surface area contributed by atoms with E-state index in [1.807, 2.05) is 0 Å². The Balaban J connectivity index is 1.43. The van der Waals surface area contributed by atoms with Crippen LogP contribution >= 0.6 is 11.6 Å². The highest BCUT2D eigenvalue weighted by atomic mass is 35.5. The second kappa shape index (κ2) is 9.31. The standard InChI is InChI=1S/C21H21ClFN7O4/c1-11(14-4-3-7-24-17(14)22)34-20(33)27-18-16(28-29-30(18)2)15-6-5-12(10-25-15)26-19(32)21(23)8-13(31)9-21/h3-7,10-11,13,31H,8-9H2,1-2H3,(H,26,32)(H,27,33)/t11-,13?,21?/m1/s1. The number of carbonyl (C=O) groups excluding carboxylic acids is 2. The van der Waals surface area contributed by atoms with Crippen molar-refractivity contribution in [1.29, 1.82) is 0 Å². The van der Waals surface area contributed by atoms with Crippen LogP contribution in [0.2, 0.25) is 5.15 Å². The third-order valence-electron chi connectivity index (χ3n) is 5.35. The van der Waals surface area contributed by atoms with Gasteiger partial charge < -0.3 is 15.2 Å². The molecule has 11 nitrogen and oxygen atoms in total. The van der Waals surface area contributed by atoms with Gasteiger partial charge in [0.15, 0.2) is 17.2 Å². The Labute approximate surface area is 198 Å². The summed E-state index contributed by atoms with van der Waals surface area (Å²) in [6.45, 7) is 1.66. The number of amides is 2. The van der Waals surface area contributed by atoms with Crippen LogP contribution in [0.5, 0.6) is 0 Å². The Kier molecular flexibility index (Phi) is 6.44. The first-order chi connectivity index (χ1) is 16.2. The average molecular weight is 490 g/mol. The Hall–Kier alpha value is -3.64. The number of hydrogen-bond acceptors (Lipinski definition) is 8. The molecule has 0 unspecified atom stereocenters. The summed E-state index contributed by atoms with van der Waals surface area (Å²) in [7, 11) is 1.58. The number of aliphatic hydroxyl groups excluding tert-OH is 1. The van der Waals surface area contributed by atoms with Crippen molar-refractivity contribution >= 4 is 35.1 Å². The summed E-state index contributed by atoms with van der Waals surface area (Å²) in [6.07, 6.45) is 0.149. The number of pyridine rings is 2. The van der Waals surface area contributed by atoms with Gasteiger partial charge in [-0.15, -0.1) is 5.10 Å². The third-order valence-corrected chi connectivity index (χ3v) is 5.66. The number of aliphatic hydroxyl groups is 1. The van der Waals surface area contributed by atoms with Crippen LogP contribution in [0.15, 0.2) is 36.7 Å². The first kappa shape index (κ1) is 23.5. The van der Waals surface area contributed by atoms with Gasteiger partial charge in [-0.05, 0) is 25.1 Å². The highest BCUT2D eigenvalue weighted by molar-refractivity contribution is 6.30. The molecule has 3 aromatic heterocycles. The number of carbonyl (C=O) groups is 2. The molecule has 3 heterocycles. The number of alkyl halides is 1. The lowest BCUT2D eigenvalue weighted by atomic mass is 9.78. The van der Waals surface area contributed by atoms with Crippen molar-refractivity contribution in [3.8, 4) is 11.4 Å². The topological polar surface area (TPSA) is 144 Å². The van der Waals surface area contributed by atoms with Crippen LogP contribution in [-0.4, -0.2) is 53.8 Å². The zero-order valence-corrected chi connectivity index (χ0v) is 19.0. The molecule has 34 heavy (non-hydrogen) atoms. The lowest BCUT2D eigenvalue weighted by Gasteiger charge is -2.36. The van der Waals surface area contributed by atoms with Crippen LogP contribution in [0.25, 0.3) is 11.4 Å². The predicted molar refractivity (Wildman–Crippen MR) is 120 cm³/mol. The average Bonchev–Trinajstić information content (AvgIpc) is 3.13. The Bertz CT molecular complexity index is 1210. The van der Waals surface area contributed by atoms with Crippen LogP contribution < -0.4 is 10.6 Å². The Morgan fingerprint density at radius 1 is 1.29 bits per heavy atom.